The van der Waals surface area contributed by atoms with Gasteiger partial charge in [0.15, 0.2) is 0 Å². The number of para-hydroxylation sites is 2. The Kier molecular flexibility index (Phi) is 6.70. The van der Waals surface area contributed by atoms with E-state index in [9.17, 15) is 9.59 Å². The maximum Gasteiger partial charge on any atom is 0.337 e. The molecule has 46 heavy (non-hydrogen) atoms. The van der Waals surface area contributed by atoms with Gasteiger partial charge in [0.05, 0.1) is 70.2 Å². The van der Waals surface area contributed by atoms with Crippen LogP contribution in [0, 0.1) is 0 Å². The Morgan fingerprint density at radius 2 is 0.957 bits per heavy atom. The number of benzene rings is 4. The first-order chi connectivity index (χ1) is 22.0. The summed E-state index contributed by atoms with van der Waals surface area (Å²) < 4.78 is 14.2. The first-order valence-corrected chi connectivity index (χ1v) is 15.3. The molecule has 2 aromatic heterocycles. The molecule has 0 saturated heterocycles. The van der Waals surface area contributed by atoms with Crippen LogP contribution in [0.2, 0.25) is 0 Å². The average Bonchev–Trinajstić information content (AvgIpc) is 3.65. The van der Waals surface area contributed by atoms with E-state index in [4.69, 9.17) is 9.47 Å². The van der Waals surface area contributed by atoms with E-state index in [1.165, 1.54) is 47.4 Å². The van der Waals surface area contributed by atoms with Crippen molar-refractivity contribution in [2.75, 3.05) is 24.9 Å². The first kappa shape index (κ1) is 29.2. The van der Waals surface area contributed by atoms with Crippen molar-refractivity contribution in [3.8, 4) is 11.4 Å². The van der Waals surface area contributed by atoms with Gasteiger partial charge in [0, 0.05) is 22.2 Å². The van der Waals surface area contributed by atoms with Gasteiger partial charge in [-0.25, -0.2) is 9.59 Å². The Hall–Kier alpha value is -5.50. The number of nitrogens with zero attached hydrogens (tertiary/aromatic N) is 2. The predicted molar refractivity (Wildman–Crippen MR) is 183 cm³/mol. The highest BCUT2D eigenvalue weighted by Crippen LogP contribution is 2.42. The zero-order valence-electron chi connectivity index (χ0n) is 26.8. The number of rotatable bonds is 2. The van der Waals surface area contributed by atoms with Crippen LogP contribution in [0.5, 0.6) is 0 Å². The van der Waals surface area contributed by atoms with E-state index in [-0.39, 0.29) is 23.0 Å². The lowest BCUT2D eigenvalue weighted by atomic mass is 9.96. The van der Waals surface area contributed by atoms with Gasteiger partial charge in [-0.15, -0.1) is 0 Å². The fourth-order valence-corrected chi connectivity index (χ4v) is 6.70. The topological polar surface area (TPSA) is 86.5 Å². The minimum atomic E-state index is -0.324. The van der Waals surface area contributed by atoms with Gasteiger partial charge in [0.25, 0.3) is 0 Å². The average molecular weight is 613 g/mol. The van der Waals surface area contributed by atoms with E-state index in [0.29, 0.717) is 11.1 Å². The van der Waals surface area contributed by atoms with Crippen LogP contribution in [0.25, 0.3) is 33.2 Å². The summed E-state index contributed by atoms with van der Waals surface area (Å²) in [6.45, 7) is 8.58. The molecule has 8 nitrogen and oxygen atoms in total. The zero-order chi connectivity index (χ0) is 32.4. The van der Waals surface area contributed by atoms with Crippen molar-refractivity contribution in [3.05, 3.63) is 120 Å². The van der Waals surface area contributed by atoms with E-state index >= 15 is 0 Å². The van der Waals surface area contributed by atoms with E-state index in [1.807, 2.05) is 48.5 Å². The molecule has 8 heteroatoms. The second kappa shape index (κ2) is 10.5. The predicted octanol–water partition coefficient (Wildman–Crippen LogP) is 8.16. The van der Waals surface area contributed by atoms with Crippen molar-refractivity contribution in [2.24, 2.45) is 0 Å². The molecule has 4 heterocycles. The molecule has 6 aromatic rings. The third kappa shape index (κ3) is 4.60. The minimum Gasteiger partial charge on any atom is -0.465 e. The quantitative estimate of drug-likeness (QED) is 0.192. The summed E-state index contributed by atoms with van der Waals surface area (Å²) in [5.41, 5.74) is 9.35. The van der Waals surface area contributed by atoms with Crippen LogP contribution in [0.1, 0.15) is 59.8 Å². The zero-order valence-corrected chi connectivity index (χ0v) is 26.8. The van der Waals surface area contributed by atoms with Gasteiger partial charge in [0.1, 0.15) is 0 Å². The summed E-state index contributed by atoms with van der Waals surface area (Å²) >= 11 is 0. The Morgan fingerprint density at radius 1 is 0.565 bits per heavy atom. The lowest BCUT2D eigenvalue weighted by molar-refractivity contribution is 0.0592. The Labute approximate surface area is 267 Å². The number of hydrogen-bond donors (Lipinski definition) is 2. The van der Waals surface area contributed by atoms with Crippen LogP contribution >= 0.6 is 0 Å². The van der Waals surface area contributed by atoms with Crippen LogP contribution in [0.3, 0.4) is 0 Å². The Morgan fingerprint density at radius 3 is 1.35 bits per heavy atom. The SMILES string of the molecule is COC(=O)c1ccc2c(c1)NC(C)(C)c1cc3ccccc3n1-2.COC(=O)c1ccc2c(c1)NC(C)(C)c1cc3ccccc3n1-2. The van der Waals surface area contributed by atoms with E-state index < -0.39 is 0 Å². The van der Waals surface area contributed by atoms with Crippen LogP contribution in [-0.2, 0) is 20.6 Å². The standard InChI is InChI=1S/2C19H18N2O2/c2*1-19(2)17-11-12-6-4-5-7-15(12)21(17)16-9-8-13(18(22)23-3)10-14(16)20-19/h2*4-11,20H,1-3H3. The second-order valence-corrected chi connectivity index (χ2v) is 12.8. The van der Waals surface area contributed by atoms with Gasteiger partial charge in [-0.3, -0.25) is 0 Å². The van der Waals surface area contributed by atoms with E-state index in [2.05, 4.69) is 96.0 Å². The van der Waals surface area contributed by atoms with Crippen LogP contribution in [-0.4, -0.2) is 35.3 Å². The molecule has 232 valence electrons. The molecule has 2 aliphatic rings. The molecule has 0 saturated carbocycles. The Balaban J connectivity index is 0.000000147. The lowest BCUT2D eigenvalue weighted by Crippen LogP contribution is -2.34. The summed E-state index contributed by atoms with van der Waals surface area (Å²) in [6, 6.07) is 32.4. The number of nitrogens with one attached hydrogen (secondary N) is 2. The fourth-order valence-electron chi connectivity index (χ4n) is 6.70. The highest BCUT2D eigenvalue weighted by atomic mass is 16.5. The van der Waals surface area contributed by atoms with Gasteiger partial charge in [-0.1, -0.05) is 36.4 Å². The highest BCUT2D eigenvalue weighted by Gasteiger charge is 2.34. The molecular formula is C38H36N4O4. The van der Waals surface area contributed by atoms with Crippen LogP contribution < -0.4 is 10.6 Å². The summed E-state index contributed by atoms with van der Waals surface area (Å²) in [6.07, 6.45) is 0. The molecule has 0 bridgehead atoms. The molecule has 0 aliphatic carbocycles. The van der Waals surface area contributed by atoms with Crippen LogP contribution in [0.15, 0.2) is 97.1 Å². The molecule has 0 amide bonds. The summed E-state index contributed by atoms with van der Waals surface area (Å²) in [5, 5.41) is 9.51. The van der Waals surface area contributed by atoms with Crippen molar-refractivity contribution in [1.29, 1.82) is 0 Å². The molecule has 2 aliphatic heterocycles. The summed E-state index contributed by atoms with van der Waals surface area (Å²) in [5.74, 6) is -0.647. The molecule has 8 rings (SSSR count). The third-order valence-electron chi connectivity index (χ3n) is 8.91. The number of hydrogen-bond acceptors (Lipinski definition) is 6. The van der Waals surface area contributed by atoms with Crippen molar-refractivity contribution < 1.29 is 19.1 Å². The maximum atomic E-state index is 11.8. The summed E-state index contributed by atoms with van der Waals surface area (Å²) in [4.78, 5) is 23.6. The molecule has 0 atom stereocenters. The molecule has 0 radical (unpaired) electrons. The maximum absolute atomic E-state index is 11.8. The number of aromatic nitrogens is 2. The van der Waals surface area contributed by atoms with Crippen molar-refractivity contribution >= 4 is 45.1 Å². The molecule has 0 spiro atoms. The van der Waals surface area contributed by atoms with Gasteiger partial charge in [-0.2, -0.15) is 0 Å². The normalized spacial score (nSPS) is 14.7. The number of carbonyl (C=O) groups is 2. The number of anilines is 2. The van der Waals surface area contributed by atoms with Gasteiger partial charge < -0.3 is 29.2 Å². The highest BCUT2D eigenvalue weighted by molar-refractivity contribution is 5.94. The smallest absolute Gasteiger partial charge is 0.337 e. The largest absolute Gasteiger partial charge is 0.465 e. The number of esters is 2. The second-order valence-electron chi connectivity index (χ2n) is 12.8. The number of ether oxygens (including phenoxy) is 2. The van der Waals surface area contributed by atoms with Crippen molar-refractivity contribution in [1.82, 2.24) is 9.13 Å². The Bertz CT molecular complexity index is 2030. The fraction of sp³-hybridized carbons (Fsp3) is 0.211. The van der Waals surface area contributed by atoms with Crippen molar-refractivity contribution in [2.45, 2.75) is 38.8 Å². The molecule has 0 unspecified atom stereocenters. The van der Waals surface area contributed by atoms with Crippen molar-refractivity contribution in [3.63, 3.8) is 0 Å². The summed E-state index contributed by atoms with van der Waals surface area (Å²) in [7, 11) is 2.80. The third-order valence-corrected chi connectivity index (χ3v) is 8.91. The molecular weight excluding hydrogens is 576 g/mol. The van der Waals surface area contributed by atoms with E-state index in [0.717, 1.165) is 22.7 Å². The molecule has 2 N–H and O–H groups in total. The van der Waals surface area contributed by atoms with Gasteiger partial charge in [-0.05, 0) is 88.4 Å². The minimum absolute atomic E-state index is 0.235. The number of carbonyl (C=O) groups excluding carboxylic acids is 2. The van der Waals surface area contributed by atoms with Gasteiger partial charge >= 0.3 is 11.9 Å². The van der Waals surface area contributed by atoms with Crippen LogP contribution in [0.4, 0.5) is 11.4 Å². The van der Waals surface area contributed by atoms with Gasteiger partial charge in [0.2, 0.25) is 0 Å². The number of fused-ring (bicyclic) bond motifs is 10. The molecule has 0 fully saturated rings. The lowest BCUT2D eigenvalue weighted by Gasteiger charge is -2.35. The van der Waals surface area contributed by atoms with E-state index in [1.54, 1.807) is 0 Å². The molecule has 4 aromatic carbocycles. The monoisotopic (exact) mass is 612 g/mol. The first-order valence-electron chi connectivity index (χ1n) is 15.3. The number of methoxy groups -OCH3 is 2.